The molecule has 4 rings (SSSR count). The summed E-state index contributed by atoms with van der Waals surface area (Å²) in [5.41, 5.74) is 3.56. The quantitative estimate of drug-likeness (QED) is 0.733. The van der Waals surface area contributed by atoms with Crippen molar-refractivity contribution in [2.45, 2.75) is 6.42 Å². The zero-order valence-corrected chi connectivity index (χ0v) is 14.8. The molecule has 1 aromatic carbocycles. The summed E-state index contributed by atoms with van der Waals surface area (Å²) in [5.74, 6) is 0.508. The number of carbonyl (C=O) groups excluding carboxylic acids is 1. The smallest absolute Gasteiger partial charge is 0.259 e. The molecule has 0 aliphatic carbocycles. The minimum atomic E-state index is -0.0243. The molecule has 1 aliphatic rings. The maximum Gasteiger partial charge on any atom is 0.259 e. The van der Waals surface area contributed by atoms with Crippen LogP contribution in [-0.2, 0) is 6.42 Å². The van der Waals surface area contributed by atoms with E-state index in [0.717, 1.165) is 27.8 Å². The minimum Gasteiger partial charge on any atom is -0.324 e. The fourth-order valence-electron chi connectivity index (χ4n) is 2.84. The third kappa shape index (κ3) is 3.23. The van der Waals surface area contributed by atoms with Crippen LogP contribution in [0.15, 0.2) is 59.6 Å². The number of halogens is 1. The number of hydrogen-bond acceptors (Lipinski definition) is 5. The average Bonchev–Trinajstić information content (AvgIpc) is 3.07. The van der Waals surface area contributed by atoms with Crippen molar-refractivity contribution in [1.82, 2.24) is 15.0 Å². The summed E-state index contributed by atoms with van der Waals surface area (Å²) in [6, 6.07) is 9.48. The number of rotatable bonds is 3. The first-order valence-electron chi connectivity index (χ1n) is 7.80. The summed E-state index contributed by atoms with van der Waals surface area (Å²) in [6.45, 7) is 0.668. The molecule has 0 radical (unpaired) electrons. The van der Waals surface area contributed by atoms with Crippen LogP contribution in [0.5, 0.6) is 0 Å². The van der Waals surface area contributed by atoms with E-state index in [2.05, 4.69) is 36.2 Å². The van der Waals surface area contributed by atoms with Crippen molar-refractivity contribution in [2.24, 2.45) is 0 Å². The lowest BCUT2D eigenvalue weighted by Gasteiger charge is -2.17. The van der Waals surface area contributed by atoms with Crippen molar-refractivity contribution in [1.29, 1.82) is 0 Å². The fraction of sp³-hybridized carbons (Fsp3) is 0.111. The van der Waals surface area contributed by atoms with Crippen molar-refractivity contribution in [3.05, 3.63) is 70.7 Å². The van der Waals surface area contributed by atoms with E-state index in [9.17, 15) is 4.79 Å². The lowest BCUT2D eigenvalue weighted by molar-refractivity contribution is 0.0989. The number of fused-ring (bicyclic) bond motifs is 1. The van der Waals surface area contributed by atoms with Crippen LogP contribution in [0.3, 0.4) is 0 Å². The maximum atomic E-state index is 12.7. The highest BCUT2D eigenvalue weighted by Gasteiger charge is 2.25. The van der Waals surface area contributed by atoms with Crippen molar-refractivity contribution in [3.8, 4) is 0 Å². The topological polar surface area (TPSA) is 71.0 Å². The molecule has 25 heavy (non-hydrogen) atoms. The normalized spacial score (nSPS) is 12.8. The summed E-state index contributed by atoms with van der Waals surface area (Å²) >= 11 is 3.32. The molecular formula is C18H14BrN5O. The molecule has 3 aromatic rings. The largest absolute Gasteiger partial charge is 0.324 e. The number of amides is 1. The van der Waals surface area contributed by atoms with Gasteiger partial charge in [0.1, 0.15) is 0 Å². The Balaban J connectivity index is 1.56. The second-order valence-electron chi connectivity index (χ2n) is 5.64. The molecule has 7 heteroatoms. The molecule has 1 amide bonds. The van der Waals surface area contributed by atoms with E-state index in [1.807, 2.05) is 18.2 Å². The van der Waals surface area contributed by atoms with Crippen molar-refractivity contribution in [3.63, 3.8) is 0 Å². The fourth-order valence-corrected chi connectivity index (χ4v) is 3.05. The van der Waals surface area contributed by atoms with Crippen LogP contribution < -0.4 is 10.2 Å². The molecule has 0 saturated carbocycles. The molecular weight excluding hydrogens is 382 g/mol. The summed E-state index contributed by atoms with van der Waals surface area (Å²) < 4.78 is 0.830. The molecule has 1 N–H and O–H groups in total. The summed E-state index contributed by atoms with van der Waals surface area (Å²) in [4.78, 5) is 26.9. The Hall–Kier alpha value is -2.80. The molecule has 6 nitrogen and oxygen atoms in total. The molecule has 2 aromatic heterocycles. The van der Waals surface area contributed by atoms with Crippen LogP contribution in [0, 0.1) is 0 Å². The van der Waals surface area contributed by atoms with Gasteiger partial charge in [-0.3, -0.25) is 9.78 Å². The molecule has 3 heterocycles. The van der Waals surface area contributed by atoms with Gasteiger partial charge in [0.05, 0.1) is 10.0 Å². The van der Waals surface area contributed by atoms with Crippen LogP contribution in [0.25, 0.3) is 0 Å². The van der Waals surface area contributed by atoms with E-state index in [1.54, 1.807) is 41.8 Å². The zero-order chi connectivity index (χ0) is 17.2. The number of hydrogen-bond donors (Lipinski definition) is 1. The Morgan fingerprint density at radius 1 is 1.16 bits per heavy atom. The van der Waals surface area contributed by atoms with E-state index in [1.165, 1.54) is 0 Å². The van der Waals surface area contributed by atoms with Gasteiger partial charge in [0.15, 0.2) is 0 Å². The first-order chi connectivity index (χ1) is 12.2. The van der Waals surface area contributed by atoms with Gasteiger partial charge in [0.2, 0.25) is 5.95 Å². The molecule has 124 valence electrons. The molecule has 0 atom stereocenters. The first-order valence-corrected chi connectivity index (χ1v) is 8.59. The molecule has 0 fully saturated rings. The van der Waals surface area contributed by atoms with Gasteiger partial charge < -0.3 is 10.2 Å². The Morgan fingerprint density at radius 3 is 2.76 bits per heavy atom. The first kappa shape index (κ1) is 15.7. The predicted octanol–water partition coefficient (Wildman–Crippen LogP) is 3.58. The molecule has 1 aliphatic heterocycles. The Kier molecular flexibility index (Phi) is 4.15. The third-order valence-electron chi connectivity index (χ3n) is 4.01. The van der Waals surface area contributed by atoms with Crippen LogP contribution in [0.1, 0.15) is 15.9 Å². The number of aromatic nitrogens is 3. The van der Waals surface area contributed by atoms with Gasteiger partial charge in [0.25, 0.3) is 5.91 Å². The van der Waals surface area contributed by atoms with Gasteiger partial charge in [-0.05, 0) is 58.2 Å². The van der Waals surface area contributed by atoms with Crippen molar-refractivity contribution < 1.29 is 4.79 Å². The molecule has 0 unspecified atom stereocenters. The zero-order valence-electron chi connectivity index (χ0n) is 13.2. The Bertz CT molecular complexity index is 915. The van der Waals surface area contributed by atoms with Crippen LogP contribution >= 0.6 is 15.9 Å². The van der Waals surface area contributed by atoms with E-state index in [4.69, 9.17) is 0 Å². The van der Waals surface area contributed by atoms with Crippen LogP contribution in [-0.4, -0.2) is 27.4 Å². The third-order valence-corrected chi connectivity index (χ3v) is 4.41. The lowest BCUT2D eigenvalue weighted by Crippen LogP contribution is -2.28. The predicted molar refractivity (Wildman–Crippen MR) is 99.1 cm³/mol. The minimum absolute atomic E-state index is 0.0243. The van der Waals surface area contributed by atoms with Gasteiger partial charge >= 0.3 is 0 Å². The Morgan fingerprint density at radius 2 is 2.00 bits per heavy atom. The second kappa shape index (κ2) is 6.60. The van der Waals surface area contributed by atoms with Gasteiger partial charge in [0, 0.05) is 42.7 Å². The number of carbonyl (C=O) groups is 1. The van der Waals surface area contributed by atoms with Gasteiger partial charge in [-0.15, -0.1) is 0 Å². The van der Waals surface area contributed by atoms with E-state index in [-0.39, 0.29) is 5.91 Å². The van der Waals surface area contributed by atoms with Crippen molar-refractivity contribution >= 4 is 39.2 Å². The number of benzene rings is 1. The standard InChI is InChI=1S/C18H14BrN5O/c19-14-10-21-18(22-11-14)23-15-3-4-16-12(8-15)5-7-24(16)17(25)13-2-1-6-20-9-13/h1-4,6,8-11H,5,7H2,(H,21,22,23). The van der Waals surface area contributed by atoms with Crippen molar-refractivity contribution in [2.75, 3.05) is 16.8 Å². The van der Waals surface area contributed by atoms with Gasteiger partial charge in [-0.1, -0.05) is 0 Å². The molecule has 0 saturated heterocycles. The number of nitrogens with zero attached hydrogens (tertiary/aromatic N) is 4. The summed E-state index contributed by atoms with van der Waals surface area (Å²) in [6.07, 6.45) is 7.46. The highest BCUT2D eigenvalue weighted by molar-refractivity contribution is 9.10. The van der Waals surface area contributed by atoms with Gasteiger partial charge in [-0.25, -0.2) is 9.97 Å². The lowest BCUT2D eigenvalue weighted by atomic mass is 10.1. The van der Waals surface area contributed by atoms with Gasteiger partial charge in [-0.2, -0.15) is 0 Å². The summed E-state index contributed by atoms with van der Waals surface area (Å²) in [7, 11) is 0. The highest BCUT2D eigenvalue weighted by atomic mass is 79.9. The van der Waals surface area contributed by atoms with Crippen LogP contribution in [0.2, 0.25) is 0 Å². The number of nitrogens with one attached hydrogen (secondary N) is 1. The summed E-state index contributed by atoms with van der Waals surface area (Å²) in [5, 5.41) is 3.18. The monoisotopic (exact) mass is 395 g/mol. The maximum absolute atomic E-state index is 12.7. The molecule has 0 spiro atoms. The van der Waals surface area contributed by atoms with Crippen LogP contribution in [0.4, 0.5) is 17.3 Å². The number of pyridine rings is 1. The average molecular weight is 396 g/mol. The van der Waals surface area contributed by atoms with E-state index < -0.39 is 0 Å². The van der Waals surface area contributed by atoms with E-state index in [0.29, 0.717) is 18.1 Å². The number of anilines is 3. The van der Waals surface area contributed by atoms with E-state index >= 15 is 0 Å². The Labute approximate surface area is 153 Å². The second-order valence-corrected chi connectivity index (χ2v) is 6.56. The highest BCUT2D eigenvalue weighted by Crippen LogP contribution is 2.32. The molecule has 0 bridgehead atoms. The SMILES string of the molecule is O=C(c1cccnc1)N1CCc2cc(Nc3ncc(Br)cn3)ccc21.